The van der Waals surface area contributed by atoms with Gasteiger partial charge in [-0.3, -0.25) is 4.79 Å². The van der Waals surface area contributed by atoms with Crippen LogP contribution in [-0.4, -0.2) is 63.6 Å². The third-order valence-corrected chi connectivity index (χ3v) is 5.80. The predicted octanol–water partition coefficient (Wildman–Crippen LogP) is 2.42. The van der Waals surface area contributed by atoms with Crippen molar-refractivity contribution in [3.8, 4) is 17.2 Å². The molecule has 2 aromatic rings. The Morgan fingerprint density at radius 2 is 2.00 bits per heavy atom. The SMILES string of the molecule is COc1ccc(OC)c(-n2nnnc2SC(C)C(=O)N2CCC(C)CC2)c1. The first-order chi connectivity index (χ1) is 13.0. The third-order valence-electron chi connectivity index (χ3n) is 4.78. The predicted molar refractivity (Wildman–Crippen MR) is 103 cm³/mol. The molecule has 8 nitrogen and oxygen atoms in total. The highest BCUT2D eigenvalue weighted by Gasteiger charge is 2.27. The number of nitrogens with zero attached hydrogens (tertiary/aromatic N) is 5. The van der Waals surface area contributed by atoms with Gasteiger partial charge in [0.25, 0.3) is 0 Å². The van der Waals surface area contributed by atoms with E-state index in [4.69, 9.17) is 9.47 Å². The maximum Gasteiger partial charge on any atom is 0.235 e. The van der Waals surface area contributed by atoms with Gasteiger partial charge in [-0.15, -0.1) is 5.10 Å². The van der Waals surface area contributed by atoms with Crippen molar-refractivity contribution < 1.29 is 14.3 Å². The van der Waals surface area contributed by atoms with Crippen LogP contribution in [0.3, 0.4) is 0 Å². The van der Waals surface area contributed by atoms with Gasteiger partial charge >= 0.3 is 0 Å². The second-order valence-corrected chi connectivity index (χ2v) is 7.99. The highest BCUT2D eigenvalue weighted by molar-refractivity contribution is 8.00. The highest BCUT2D eigenvalue weighted by Crippen LogP contribution is 2.31. The van der Waals surface area contributed by atoms with Gasteiger partial charge in [-0.1, -0.05) is 18.7 Å². The van der Waals surface area contributed by atoms with Gasteiger partial charge in [0.1, 0.15) is 17.2 Å². The lowest BCUT2D eigenvalue weighted by Gasteiger charge is -2.31. The van der Waals surface area contributed by atoms with Crippen molar-refractivity contribution in [2.45, 2.75) is 37.1 Å². The van der Waals surface area contributed by atoms with E-state index < -0.39 is 0 Å². The lowest BCUT2D eigenvalue weighted by atomic mass is 9.99. The number of tetrazole rings is 1. The summed E-state index contributed by atoms with van der Waals surface area (Å²) in [5, 5.41) is 12.2. The molecule has 0 spiro atoms. The molecule has 0 N–H and O–H groups in total. The summed E-state index contributed by atoms with van der Waals surface area (Å²) in [6, 6.07) is 5.41. The van der Waals surface area contributed by atoms with Crippen LogP contribution in [0.2, 0.25) is 0 Å². The highest BCUT2D eigenvalue weighted by atomic mass is 32.2. The summed E-state index contributed by atoms with van der Waals surface area (Å²) in [5.41, 5.74) is 0.663. The normalized spacial score (nSPS) is 16.2. The molecule has 1 aliphatic heterocycles. The summed E-state index contributed by atoms with van der Waals surface area (Å²) in [6.07, 6.45) is 2.11. The van der Waals surface area contributed by atoms with Crippen LogP contribution in [0.25, 0.3) is 5.69 Å². The maximum atomic E-state index is 12.8. The van der Waals surface area contributed by atoms with Gasteiger partial charge in [-0.2, -0.15) is 4.68 Å². The Morgan fingerprint density at radius 3 is 2.67 bits per heavy atom. The van der Waals surface area contributed by atoms with Crippen LogP contribution in [0.1, 0.15) is 26.7 Å². The molecule has 1 aromatic carbocycles. The summed E-state index contributed by atoms with van der Waals surface area (Å²) >= 11 is 1.35. The lowest BCUT2D eigenvalue weighted by molar-refractivity contribution is -0.131. The first kappa shape index (κ1) is 19.5. The molecule has 1 amide bonds. The molecule has 1 aliphatic rings. The van der Waals surface area contributed by atoms with Crippen LogP contribution < -0.4 is 9.47 Å². The fraction of sp³-hybridized carbons (Fsp3) is 0.556. The summed E-state index contributed by atoms with van der Waals surface area (Å²) in [4.78, 5) is 14.7. The van der Waals surface area contributed by atoms with Crippen molar-refractivity contribution in [2.75, 3.05) is 27.3 Å². The topological polar surface area (TPSA) is 82.4 Å². The van der Waals surface area contributed by atoms with Gasteiger partial charge in [0.15, 0.2) is 0 Å². The van der Waals surface area contributed by atoms with Crippen molar-refractivity contribution >= 4 is 17.7 Å². The molecule has 27 heavy (non-hydrogen) atoms. The number of methoxy groups -OCH3 is 2. The second-order valence-electron chi connectivity index (χ2n) is 6.68. The molecule has 1 fully saturated rings. The van der Waals surface area contributed by atoms with E-state index in [0.29, 0.717) is 28.3 Å². The van der Waals surface area contributed by atoms with Gasteiger partial charge in [0, 0.05) is 19.2 Å². The number of ether oxygens (including phenoxy) is 2. The van der Waals surface area contributed by atoms with Gasteiger partial charge in [0.05, 0.1) is 19.5 Å². The monoisotopic (exact) mass is 391 g/mol. The number of piperidine rings is 1. The molecule has 1 unspecified atom stereocenters. The van der Waals surface area contributed by atoms with E-state index in [2.05, 4.69) is 22.4 Å². The standard InChI is InChI=1S/C18H25N5O3S/c1-12-7-9-22(10-8-12)17(24)13(2)27-18-19-20-21-23(18)15-11-14(25-3)5-6-16(15)26-4/h5-6,11-13H,7-10H2,1-4H3. The molecule has 3 rings (SSSR count). The Labute approximate surface area is 163 Å². The van der Waals surface area contributed by atoms with Crippen LogP contribution >= 0.6 is 11.8 Å². The van der Waals surface area contributed by atoms with E-state index in [-0.39, 0.29) is 11.2 Å². The molecular weight excluding hydrogens is 366 g/mol. The quantitative estimate of drug-likeness (QED) is 0.699. The molecule has 2 heterocycles. The molecule has 146 valence electrons. The van der Waals surface area contributed by atoms with Crippen molar-refractivity contribution in [3.05, 3.63) is 18.2 Å². The summed E-state index contributed by atoms with van der Waals surface area (Å²) < 4.78 is 12.3. The number of rotatable bonds is 6. The van der Waals surface area contributed by atoms with E-state index in [9.17, 15) is 4.79 Å². The first-order valence-corrected chi connectivity index (χ1v) is 9.87. The van der Waals surface area contributed by atoms with Gasteiger partial charge < -0.3 is 14.4 Å². The maximum absolute atomic E-state index is 12.8. The number of carbonyl (C=O) groups excluding carboxylic acids is 1. The van der Waals surface area contributed by atoms with Crippen LogP contribution in [0.5, 0.6) is 11.5 Å². The number of aromatic nitrogens is 4. The number of benzene rings is 1. The molecule has 0 radical (unpaired) electrons. The van der Waals surface area contributed by atoms with Gasteiger partial charge in [-0.05, 0) is 48.2 Å². The second kappa shape index (κ2) is 8.60. The molecular formula is C18H25N5O3S. The largest absolute Gasteiger partial charge is 0.497 e. The fourth-order valence-electron chi connectivity index (χ4n) is 3.06. The summed E-state index contributed by atoms with van der Waals surface area (Å²) in [6.45, 7) is 5.77. The van der Waals surface area contributed by atoms with Crippen molar-refractivity contribution in [1.29, 1.82) is 0 Å². The zero-order valence-corrected chi connectivity index (χ0v) is 16.9. The average molecular weight is 391 g/mol. The Morgan fingerprint density at radius 1 is 1.26 bits per heavy atom. The van der Waals surface area contributed by atoms with Crippen molar-refractivity contribution in [1.82, 2.24) is 25.1 Å². The molecule has 0 saturated carbocycles. The molecule has 9 heteroatoms. The lowest BCUT2D eigenvalue weighted by Crippen LogP contribution is -2.41. The van der Waals surface area contributed by atoms with Crippen LogP contribution in [0, 0.1) is 5.92 Å². The minimum absolute atomic E-state index is 0.124. The number of likely N-dealkylation sites (tertiary alicyclic amines) is 1. The average Bonchev–Trinajstić information content (AvgIpc) is 3.15. The van der Waals surface area contributed by atoms with E-state index >= 15 is 0 Å². The molecule has 1 aromatic heterocycles. The van der Waals surface area contributed by atoms with E-state index in [1.165, 1.54) is 11.8 Å². The zero-order chi connectivity index (χ0) is 19.4. The van der Waals surface area contributed by atoms with Gasteiger partial charge in [-0.25, -0.2) is 0 Å². The Bertz CT molecular complexity index is 789. The van der Waals surface area contributed by atoms with Gasteiger partial charge in [0.2, 0.25) is 11.1 Å². The van der Waals surface area contributed by atoms with Crippen LogP contribution in [0.15, 0.2) is 23.4 Å². The molecule has 0 aliphatic carbocycles. The number of hydrogen-bond acceptors (Lipinski definition) is 7. The minimum atomic E-state index is -0.278. The number of thioether (sulfide) groups is 1. The first-order valence-electron chi connectivity index (χ1n) is 8.99. The molecule has 0 bridgehead atoms. The summed E-state index contributed by atoms with van der Waals surface area (Å²) in [5.74, 6) is 2.10. The van der Waals surface area contributed by atoms with Crippen molar-refractivity contribution in [3.63, 3.8) is 0 Å². The van der Waals surface area contributed by atoms with E-state index in [0.717, 1.165) is 25.9 Å². The molecule has 1 saturated heterocycles. The minimum Gasteiger partial charge on any atom is -0.497 e. The van der Waals surface area contributed by atoms with Crippen LogP contribution in [-0.2, 0) is 4.79 Å². The third kappa shape index (κ3) is 4.35. The fourth-order valence-corrected chi connectivity index (χ4v) is 3.94. The summed E-state index contributed by atoms with van der Waals surface area (Å²) in [7, 11) is 3.19. The zero-order valence-electron chi connectivity index (χ0n) is 16.1. The van der Waals surface area contributed by atoms with E-state index in [1.807, 2.05) is 17.9 Å². The number of amides is 1. The Hall–Kier alpha value is -2.29. The Balaban J connectivity index is 1.78. The van der Waals surface area contributed by atoms with Crippen molar-refractivity contribution in [2.24, 2.45) is 5.92 Å². The Kier molecular flexibility index (Phi) is 6.20. The van der Waals surface area contributed by atoms with Crippen LogP contribution in [0.4, 0.5) is 0 Å². The smallest absolute Gasteiger partial charge is 0.235 e. The number of carbonyl (C=O) groups is 1. The van der Waals surface area contributed by atoms with E-state index in [1.54, 1.807) is 31.0 Å². The molecule has 1 atom stereocenters. The number of hydrogen-bond donors (Lipinski definition) is 0.